The molecule has 2 atom stereocenters. The van der Waals surface area contributed by atoms with Gasteiger partial charge in [0, 0.05) is 18.3 Å². The lowest BCUT2D eigenvalue weighted by atomic mass is 10.1. The van der Waals surface area contributed by atoms with E-state index in [0.717, 1.165) is 0 Å². The lowest BCUT2D eigenvalue weighted by Crippen LogP contribution is -2.53. The molecule has 1 aromatic rings. The van der Waals surface area contributed by atoms with Gasteiger partial charge in [0.05, 0.1) is 12.7 Å². The van der Waals surface area contributed by atoms with Gasteiger partial charge in [-0.1, -0.05) is 6.07 Å². The zero-order valence-electron chi connectivity index (χ0n) is 11.9. The van der Waals surface area contributed by atoms with E-state index in [2.05, 4.69) is 15.4 Å². The summed E-state index contributed by atoms with van der Waals surface area (Å²) in [4.78, 5) is 12.2. The number of benzene rings is 1. The molecule has 5 nitrogen and oxygen atoms in total. The number of carbonyl (C=O) groups is 1. The van der Waals surface area contributed by atoms with Crippen LogP contribution in [0.3, 0.4) is 0 Å². The van der Waals surface area contributed by atoms with Crippen LogP contribution in [-0.2, 0) is 9.53 Å². The Morgan fingerprint density at radius 3 is 2.95 bits per heavy atom. The first-order valence-electron chi connectivity index (χ1n) is 6.68. The summed E-state index contributed by atoms with van der Waals surface area (Å²) in [5, 5.41) is 5.74. The Kier molecular flexibility index (Phi) is 5.08. The predicted octanol–water partition coefficient (Wildman–Crippen LogP) is 1.91. The Morgan fingerprint density at radius 1 is 1.52 bits per heavy atom. The minimum atomic E-state index is -2.90. The Labute approximate surface area is 121 Å². The van der Waals surface area contributed by atoms with E-state index in [4.69, 9.17) is 4.74 Å². The molecule has 1 aliphatic heterocycles. The minimum absolute atomic E-state index is 0.0451. The highest BCUT2D eigenvalue weighted by Crippen LogP contribution is 2.24. The SMILES string of the molecule is Cc1ccc(NC(=O)[C@H]2NCCO[C@@H]2C)cc1OC(F)F. The van der Waals surface area contributed by atoms with E-state index >= 15 is 0 Å². The van der Waals surface area contributed by atoms with Crippen LogP contribution in [0.15, 0.2) is 18.2 Å². The Balaban J connectivity index is 2.06. The van der Waals surface area contributed by atoms with Crippen molar-refractivity contribution in [3.05, 3.63) is 23.8 Å². The molecule has 7 heteroatoms. The zero-order chi connectivity index (χ0) is 15.4. The standard InChI is InChI=1S/C14H18F2N2O3/c1-8-3-4-10(7-11(8)21-14(15)16)18-13(19)12-9(2)20-6-5-17-12/h3-4,7,9,12,14,17H,5-6H2,1-2H3,(H,18,19)/t9-,12+/m1/s1. The molecule has 0 radical (unpaired) electrons. The van der Waals surface area contributed by atoms with E-state index in [1.54, 1.807) is 26.0 Å². The summed E-state index contributed by atoms with van der Waals surface area (Å²) in [7, 11) is 0. The van der Waals surface area contributed by atoms with Crippen molar-refractivity contribution >= 4 is 11.6 Å². The molecule has 1 aromatic carbocycles. The lowest BCUT2D eigenvalue weighted by Gasteiger charge is -2.29. The highest BCUT2D eigenvalue weighted by atomic mass is 19.3. The van der Waals surface area contributed by atoms with E-state index in [0.29, 0.717) is 24.4 Å². The number of halogens is 2. The first kappa shape index (κ1) is 15.7. The van der Waals surface area contributed by atoms with Crippen molar-refractivity contribution in [2.24, 2.45) is 0 Å². The molecule has 116 valence electrons. The highest BCUT2D eigenvalue weighted by molar-refractivity contribution is 5.95. The quantitative estimate of drug-likeness (QED) is 0.892. The third-order valence-electron chi connectivity index (χ3n) is 3.27. The fourth-order valence-corrected chi connectivity index (χ4v) is 2.15. The molecule has 0 saturated carbocycles. The maximum Gasteiger partial charge on any atom is 0.387 e. The molecule has 0 spiro atoms. The maximum atomic E-state index is 12.3. The van der Waals surface area contributed by atoms with Gasteiger partial charge in [-0.3, -0.25) is 4.79 Å². The molecule has 21 heavy (non-hydrogen) atoms. The summed E-state index contributed by atoms with van der Waals surface area (Å²) in [6.45, 7) is 1.71. The van der Waals surface area contributed by atoms with Crippen LogP contribution in [0.4, 0.5) is 14.5 Å². The van der Waals surface area contributed by atoms with Crippen molar-refractivity contribution in [2.75, 3.05) is 18.5 Å². The van der Waals surface area contributed by atoms with Gasteiger partial charge in [0.15, 0.2) is 0 Å². The maximum absolute atomic E-state index is 12.3. The van der Waals surface area contributed by atoms with Crippen molar-refractivity contribution in [1.29, 1.82) is 0 Å². The van der Waals surface area contributed by atoms with Gasteiger partial charge >= 0.3 is 6.61 Å². The van der Waals surface area contributed by atoms with Gasteiger partial charge in [-0.25, -0.2) is 0 Å². The van der Waals surface area contributed by atoms with Gasteiger partial charge in [0.25, 0.3) is 0 Å². The van der Waals surface area contributed by atoms with E-state index in [9.17, 15) is 13.6 Å². The topological polar surface area (TPSA) is 59.6 Å². The summed E-state index contributed by atoms with van der Waals surface area (Å²) < 4.78 is 34.4. The predicted molar refractivity (Wildman–Crippen MR) is 73.6 cm³/mol. The highest BCUT2D eigenvalue weighted by Gasteiger charge is 2.28. The van der Waals surface area contributed by atoms with Crippen LogP contribution in [0.2, 0.25) is 0 Å². The average Bonchev–Trinajstić information content (AvgIpc) is 2.42. The third-order valence-corrected chi connectivity index (χ3v) is 3.27. The van der Waals surface area contributed by atoms with Crippen molar-refractivity contribution in [3.8, 4) is 5.75 Å². The molecule has 1 fully saturated rings. The lowest BCUT2D eigenvalue weighted by molar-refractivity contribution is -0.123. The molecule has 2 N–H and O–H groups in total. The van der Waals surface area contributed by atoms with Crippen LogP contribution in [0.25, 0.3) is 0 Å². The second-order valence-electron chi connectivity index (χ2n) is 4.86. The first-order chi connectivity index (χ1) is 9.97. The van der Waals surface area contributed by atoms with Gasteiger partial charge in [-0.2, -0.15) is 8.78 Å². The van der Waals surface area contributed by atoms with Crippen LogP contribution < -0.4 is 15.4 Å². The number of aryl methyl sites for hydroxylation is 1. The van der Waals surface area contributed by atoms with Gasteiger partial charge in [0.1, 0.15) is 11.8 Å². The molecule has 0 aromatic heterocycles. The number of carbonyl (C=O) groups excluding carboxylic acids is 1. The van der Waals surface area contributed by atoms with E-state index in [1.807, 2.05) is 0 Å². The second kappa shape index (κ2) is 6.82. The first-order valence-corrected chi connectivity index (χ1v) is 6.68. The summed E-state index contributed by atoms with van der Waals surface area (Å²) in [5.41, 5.74) is 0.974. The molecule has 1 aliphatic rings. The number of nitrogens with one attached hydrogen (secondary N) is 2. The number of hydrogen-bond donors (Lipinski definition) is 2. The van der Waals surface area contributed by atoms with Gasteiger partial charge in [0.2, 0.25) is 5.91 Å². The molecular weight excluding hydrogens is 282 g/mol. The number of morpholine rings is 1. The van der Waals surface area contributed by atoms with E-state index < -0.39 is 12.7 Å². The minimum Gasteiger partial charge on any atom is -0.434 e. The number of rotatable bonds is 4. The van der Waals surface area contributed by atoms with Crippen LogP contribution >= 0.6 is 0 Å². The third kappa shape index (κ3) is 4.12. The number of amides is 1. The molecule has 0 unspecified atom stereocenters. The monoisotopic (exact) mass is 300 g/mol. The van der Waals surface area contributed by atoms with Crippen molar-refractivity contribution in [3.63, 3.8) is 0 Å². The fourth-order valence-electron chi connectivity index (χ4n) is 2.15. The molecule has 1 saturated heterocycles. The summed E-state index contributed by atoms with van der Waals surface area (Å²) in [6.07, 6.45) is -0.249. The zero-order valence-corrected chi connectivity index (χ0v) is 11.9. The number of alkyl halides is 2. The second-order valence-corrected chi connectivity index (χ2v) is 4.86. The smallest absolute Gasteiger partial charge is 0.387 e. The van der Waals surface area contributed by atoms with E-state index in [-0.39, 0.29) is 17.8 Å². The van der Waals surface area contributed by atoms with E-state index in [1.165, 1.54) is 6.07 Å². The summed E-state index contributed by atoms with van der Waals surface area (Å²) in [5.74, 6) is -0.224. The molecule has 0 aliphatic carbocycles. The largest absolute Gasteiger partial charge is 0.434 e. The van der Waals surface area contributed by atoms with Crippen molar-refractivity contribution in [2.45, 2.75) is 32.6 Å². The molecule has 1 heterocycles. The molecule has 0 bridgehead atoms. The number of ether oxygens (including phenoxy) is 2. The molecule has 2 rings (SSSR count). The van der Waals surface area contributed by atoms with Gasteiger partial charge in [-0.05, 0) is 25.5 Å². The number of anilines is 1. The van der Waals surface area contributed by atoms with Crippen LogP contribution in [0.1, 0.15) is 12.5 Å². The molecule has 1 amide bonds. The van der Waals surface area contributed by atoms with Crippen LogP contribution in [0, 0.1) is 6.92 Å². The van der Waals surface area contributed by atoms with Gasteiger partial charge < -0.3 is 20.1 Å². The van der Waals surface area contributed by atoms with Gasteiger partial charge in [-0.15, -0.1) is 0 Å². The fraction of sp³-hybridized carbons (Fsp3) is 0.500. The average molecular weight is 300 g/mol. The summed E-state index contributed by atoms with van der Waals surface area (Å²) in [6, 6.07) is 4.16. The number of hydrogen-bond acceptors (Lipinski definition) is 4. The van der Waals surface area contributed by atoms with Crippen molar-refractivity contribution in [1.82, 2.24) is 5.32 Å². The van der Waals surface area contributed by atoms with Crippen LogP contribution in [-0.4, -0.2) is 37.8 Å². The Hall–Kier alpha value is -1.73. The van der Waals surface area contributed by atoms with Crippen LogP contribution in [0.5, 0.6) is 5.75 Å². The normalized spacial score (nSPS) is 22.1. The molecular formula is C14H18F2N2O3. The van der Waals surface area contributed by atoms with Crippen molar-refractivity contribution < 1.29 is 23.0 Å². The Bertz CT molecular complexity index is 511. The Morgan fingerprint density at radius 2 is 2.29 bits per heavy atom. The summed E-state index contributed by atoms with van der Waals surface area (Å²) >= 11 is 0.